The Morgan fingerprint density at radius 2 is 2.35 bits per heavy atom. The molecule has 2 rings (SSSR count). The zero-order valence-corrected chi connectivity index (χ0v) is 10.2. The van der Waals surface area contributed by atoms with Gasteiger partial charge in [-0.2, -0.15) is 0 Å². The Morgan fingerprint density at radius 1 is 1.59 bits per heavy atom. The number of carbonyl (C=O) groups is 1. The minimum atomic E-state index is -0.113. The van der Waals surface area contributed by atoms with E-state index in [4.69, 9.17) is 16.3 Å². The van der Waals surface area contributed by atoms with Crippen molar-refractivity contribution in [3.63, 3.8) is 0 Å². The molecule has 5 heteroatoms. The van der Waals surface area contributed by atoms with Crippen molar-refractivity contribution in [2.75, 3.05) is 11.9 Å². The third-order valence-electron chi connectivity index (χ3n) is 2.78. The van der Waals surface area contributed by atoms with Gasteiger partial charge in [0.05, 0.1) is 23.7 Å². The Morgan fingerprint density at radius 3 is 2.94 bits per heavy atom. The number of amides is 1. The number of aromatic hydroxyl groups is 1. The highest BCUT2D eigenvalue weighted by Crippen LogP contribution is 2.27. The summed E-state index contributed by atoms with van der Waals surface area (Å²) in [6, 6.07) is 4.58. The minimum absolute atomic E-state index is 0.00230. The van der Waals surface area contributed by atoms with Crippen LogP contribution in [0.2, 0.25) is 5.02 Å². The number of ether oxygens (including phenoxy) is 1. The molecule has 1 aliphatic heterocycles. The summed E-state index contributed by atoms with van der Waals surface area (Å²) in [4.78, 5) is 11.9. The van der Waals surface area contributed by atoms with E-state index in [0.717, 1.165) is 6.42 Å². The van der Waals surface area contributed by atoms with Crippen LogP contribution >= 0.6 is 11.6 Å². The summed E-state index contributed by atoms with van der Waals surface area (Å²) in [6.45, 7) is 2.41. The summed E-state index contributed by atoms with van der Waals surface area (Å²) < 4.78 is 5.34. The van der Waals surface area contributed by atoms with Crippen LogP contribution in [0.25, 0.3) is 0 Å². The lowest BCUT2D eigenvalue weighted by Crippen LogP contribution is -2.22. The normalized spacial score (nSPS) is 23.6. The molecule has 1 heterocycles. The summed E-state index contributed by atoms with van der Waals surface area (Å²) >= 11 is 5.75. The zero-order chi connectivity index (χ0) is 12.4. The van der Waals surface area contributed by atoms with Gasteiger partial charge >= 0.3 is 0 Å². The number of anilines is 1. The maximum absolute atomic E-state index is 11.9. The summed E-state index contributed by atoms with van der Waals surface area (Å²) in [5.41, 5.74) is 0.581. The number of halogens is 1. The highest BCUT2D eigenvalue weighted by Gasteiger charge is 2.28. The van der Waals surface area contributed by atoms with E-state index in [1.54, 1.807) is 6.07 Å². The SMILES string of the molecule is CC1CC(C(=O)Nc2ccc(O)c(Cl)c2)CO1. The first-order valence-electron chi connectivity index (χ1n) is 5.47. The van der Waals surface area contributed by atoms with E-state index in [1.807, 2.05) is 6.92 Å². The fourth-order valence-corrected chi connectivity index (χ4v) is 2.01. The van der Waals surface area contributed by atoms with E-state index in [2.05, 4.69) is 5.32 Å². The van der Waals surface area contributed by atoms with Crippen LogP contribution in [0.4, 0.5) is 5.69 Å². The lowest BCUT2D eigenvalue weighted by atomic mass is 10.1. The number of nitrogens with one attached hydrogen (secondary N) is 1. The molecule has 1 saturated heterocycles. The molecular weight excluding hydrogens is 242 g/mol. The van der Waals surface area contributed by atoms with E-state index in [1.165, 1.54) is 12.1 Å². The Balaban J connectivity index is 2.00. The lowest BCUT2D eigenvalue weighted by Gasteiger charge is -2.10. The van der Waals surface area contributed by atoms with Crippen LogP contribution in [0, 0.1) is 5.92 Å². The van der Waals surface area contributed by atoms with Gasteiger partial charge in [-0.25, -0.2) is 0 Å². The van der Waals surface area contributed by atoms with E-state index in [-0.39, 0.29) is 28.7 Å². The average molecular weight is 256 g/mol. The van der Waals surface area contributed by atoms with E-state index in [0.29, 0.717) is 12.3 Å². The largest absolute Gasteiger partial charge is 0.506 e. The molecule has 2 unspecified atom stereocenters. The first kappa shape index (κ1) is 12.2. The molecule has 92 valence electrons. The second-order valence-electron chi connectivity index (χ2n) is 4.23. The predicted octanol–water partition coefficient (Wildman–Crippen LogP) is 2.41. The topological polar surface area (TPSA) is 58.6 Å². The second kappa shape index (κ2) is 4.94. The Kier molecular flexibility index (Phi) is 3.54. The van der Waals surface area contributed by atoms with Crippen LogP contribution < -0.4 is 5.32 Å². The van der Waals surface area contributed by atoms with E-state index >= 15 is 0 Å². The fraction of sp³-hybridized carbons (Fsp3) is 0.417. The molecule has 1 fully saturated rings. The number of hydrogen-bond donors (Lipinski definition) is 2. The fourth-order valence-electron chi connectivity index (χ4n) is 1.83. The Bertz CT molecular complexity index is 436. The van der Waals surface area contributed by atoms with Gasteiger partial charge in [0.2, 0.25) is 5.91 Å². The maximum atomic E-state index is 11.9. The van der Waals surface area contributed by atoms with Gasteiger partial charge in [0.15, 0.2) is 0 Å². The number of phenols is 1. The van der Waals surface area contributed by atoms with Crippen molar-refractivity contribution in [1.82, 2.24) is 0 Å². The summed E-state index contributed by atoms with van der Waals surface area (Å²) in [7, 11) is 0. The summed E-state index contributed by atoms with van der Waals surface area (Å²) in [5, 5.41) is 12.2. The van der Waals surface area contributed by atoms with Gasteiger partial charge in [-0.3, -0.25) is 4.79 Å². The lowest BCUT2D eigenvalue weighted by molar-refractivity contribution is -0.119. The number of hydrogen-bond acceptors (Lipinski definition) is 3. The van der Waals surface area contributed by atoms with Crippen LogP contribution in [0.5, 0.6) is 5.75 Å². The van der Waals surface area contributed by atoms with E-state index in [9.17, 15) is 9.90 Å². The Hall–Kier alpha value is -1.26. The van der Waals surface area contributed by atoms with Gasteiger partial charge in [-0.05, 0) is 31.5 Å². The molecule has 0 radical (unpaired) electrons. The van der Waals surface area contributed by atoms with Gasteiger partial charge < -0.3 is 15.2 Å². The number of benzene rings is 1. The molecule has 0 saturated carbocycles. The molecule has 1 aromatic rings. The molecule has 2 atom stereocenters. The minimum Gasteiger partial charge on any atom is -0.506 e. The molecule has 0 aliphatic carbocycles. The zero-order valence-electron chi connectivity index (χ0n) is 9.44. The summed E-state index contributed by atoms with van der Waals surface area (Å²) in [5.74, 6) is -0.184. The van der Waals surface area contributed by atoms with Crippen molar-refractivity contribution in [2.45, 2.75) is 19.4 Å². The van der Waals surface area contributed by atoms with Crippen LogP contribution in [0.3, 0.4) is 0 Å². The number of carbonyl (C=O) groups excluding carboxylic acids is 1. The molecule has 0 aromatic heterocycles. The maximum Gasteiger partial charge on any atom is 0.229 e. The third kappa shape index (κ3) is 2.90. The molecule has 4 nitrogen and oxygen atoms in total. The third-order valence-corrected chi connectivity index (χ3v) is 3.09. The van der Waals surface area contributed by atoms with Gasteiger partial charge in [0.1, 0.15) is 5.75 Å². The molecule has 17 heavy (non-hydrogen) atoms. The quantitative estimate of drug-likeness (QED) is 0.798. The summed E-state index contributed by atoms with van der Waals surface area (Å²) in [6.07, 6.45) is 0.867. The van der Waals surface area contributed by atoms with Crippen LogP contribution in [-0.2, 0) is 9.53 Å². The highest BCUT2D eigenvalue weighted by molar-refractivity contribution is 6.32. The highest BCUT2D eigenvalue weighted by atomic mass is 35.5. The molecule has 0 spiro atoms. The van der Waals surface area contributed by atoms with E-state index < -0.39 is 0 Å². The first-order valence-corrected chi connectivity index (χ1v) is 5.85. The molecule has 2 N–H and O–H groups in total. The van der Waals surface area contributed by atoms with Gasteiger partial charge in [-0.15, -0.1) is 0 Å². The predicted molar refractivity (Wildman–Crippen MR) is 65.3 cm³/mol. The number of phenolic OH excluding ortho intramolecular Hbond substituents is 1. The monoisotopic (exact) mass is 255 g/mol. The van der Waals surface area contributed by atoms with Crippen molar-refractivity contribution < 1.29 is 14.6 Å². The molecule has 1 aliphatic rings. The molecule has 1 amide bonds. The standard InChI is InChI=1S/C12H14ClNO3/c1-7-4-8(6-17-7)12(16)14-9-2-3-11(15)10(13)5-9/h2-3,5,7-8,15H,4,6H2,1H3,(H,14,16). The molecule has 0 bridgehead atoms. The first-order chi connectivity index (χ1) is 8.06. The van der Waals surface area contributed by atoms with Gasteiger partial charge in [-0.1, -0.05) is 11.6 Å². The van der Waals surface area contributed by atoms with Crippen LogP contribution in [-0.4, -0.2) is 23.7 Å². The van der Waals surface area contributed by atoms with Gasteiger partial charge in [0.25, 0.3) is 0 Å². The van der Waals surface area contributed by atoms with Crippen molar-refractivity contribution in [1.29, 1.82) is 0 Å². The van der Waals surface area contributed by atoms with Crippen LogP contribution in [0.15, 0.2) is 18.2 Å². The van der Waals surface area contributed by atoms with Crippen LogP contribution in [0.1, 0.15) is 13.3 Å². The van der Waals surface area contributed by atoms with Gasteiger partial charge in [0, 0.05) is 5.69 Å². The average Bonchev–Trinajstić information content (AvgIpc) is 2.70. The Labute approximate surface area is 105 Å². The van der Waals surface area contributed by atoms with Crippen molar-refractivity contribution in [2.24, 2.45) is 5.92 Å². The molecule has 1 aromatic carbocycles. The molecular formula is C12H14ClNO3. The van der Waals surface area contributed by atoms with Crippen molar-refractivity contribution >= 4 is 23.2 Å². The second-order valence-corrected chi connectivity index (χ2v) is 4.64. The van der Waals surface area contributed by atoms with Crippen molar-refractivity contribution in [3.05, 3.63) is 23.2 Å². The number of rotatable bonds is 2. The van der Waals surface area contributed by atoms with Crippen molar-refractivity contribution in [3.8, 4) is 5.75 Å². The smallest absolute Gasteiger partial charge is 0.229 e.